The third kappa shape index (κ3) is 2.77. The zero-order valence-electron chi connectivity index (χ0n) is 14.0. The van der Waals surface area contributed by atoms with E-state index in [1.807, 2.05) is 0 Å². The average molecular weight is 383 g/mol. The topological polar surface area (TPSA) is 106 Å². The number of aliphatic hydroxyl groups excluding tert-OH is 1. The zero-order chi connectivity index (χ0) is 19.0. The molecule has 1 aromatic carbocycles. The minimum absolute atomic E-state index is 0.0296. The largest absolute Gasteiger partial charge is 0.503 e. The molecule has 2 aromatic heterocycles. The highest BCUT2D eigenvalue weighted by molar-refractivity contribution is 7.13. The number of aliphatic hydroxyl groups is 1. The van der Waals surface area contributed by atoms with Gasteiger partial charge in [-0.05, 0) is 29.8 Å². The molecule has 0 aliphatic carbocycles. The number of hydrogen-bond donors (Lipinski definition) is 1. The minimum Gasteiger partial charge on any atom is -0.503 e. The van der Waals surface area contributed by atoms with Crippen LogP contribution in [0.15, 0.2) is 63.9 Å². The number of carbonyl (C=O) groups excluding carboxylic acids is 2. The van der Waals surface area contributed by atoms with E-state index >= 15 is 0 Å². The Kier molecular flexibility index (Phi) is 4.21. The Morgan fingerprint density at radius 1 is 1.30 bits per heavy atom. The molecule has 3 aromatic rings. The number of benzene rings is 1. The number of Topliss-reactive ketones (excluding diaryl/α,β-unsaturated/α-hetero) is 1. The van der Waals surface area contributed by atoms with Crippen molar-refractivity contribution in [2.75, 3.05) is 12.0 Å². The van der Waals surface area contributed by atoms with Gasteiger partial charge in [0.15, 0.2) is 11.5 Å². The minimum atomic E-state index is -0.867. The summed E-state index contributed by atoms with van der Waals surface area (Å²) in [5.74, 6) is -1.27. The Bertz CT molecular complexity index is 1010. The molecule has 9 heteroatoms. The number of furan rings is 1. The smallest absolute Gasteiger partial charge is 0.296 e. The van der Waals surface area contributed by atoms with Crippen LogP contribution in [-0.2, 0) is 4.79 Å². The van der Waals surface area contributed by atoms with E-state index in [4.69, 9.17) is 9.15 Å². The summed E-state index contributed by atoms with van der Waals surface area (Å²) >= 11 is 1.13. The number of aromatic nitrogens is 2. The first-order chi connectivity index (χ1) is 13.1. The molecule has 0 radical (unpaired) electrons. The van der Waals surface area contributed by atoms with Gasteiger partial charge in [0.25, 0.3) is 5.91 Å². The lowest BCUT2D eigenvalue weighted by molar-refractivity contribution is -0.117. The number of nitrogens with zero attached hydrogens (tertiary/aromatic N) is 3. The summed E-state index contributed by atoms with van der Waals surface area (Å²) in [6.07, 6.45) is 1.35. The van der Waals surface area contributed by atoms with Crippen molar-refractivity contribution >= 4 is 28.2 Å². The highest BCUT2D eigenvalue weighted by Crippen LogP contribution is 2.42. The van der Waals surface area contributed by atoms with Crippen molar-refractivity contribution in [3.05, 3.63) is 70.8 Å². The molecule has 1 N–H and O–H groups in total. The standard InChI is InChI=1S/C18H13N3O5S/c1-25-11-6-4-10(5-7-11)14-13(15(22)12-3-2-8-26-12)16(23)17(24)21(14)18-20-19-9-27-18/h2-9,14,23H,1H3. The summed E-state index contributed by atoms with van der Waals surface area (Å²) in [5.41, 5.74) is 2.01. The van der Waals surface area contributed by atoms with Gasteiger partial charge in [-0.2, -0.15) is 0 Å². The quantitative estimate of drug-likeness (QED) is 0.675. The summed E-state index contributed by atoms with van der Waals surface area (Å²) < 4.78 is 10.3. The van der Waals surface area contributed by atoms with Gasteiger partial charge in [-0.25, -0.2) is 0 Å². The second-order valence-electron chi connectivity index (χ2n) is 5.64. The number of rotatable bonds is 5. The number of anilines is 1. The normalized spacial score (nSPS) is 16.9. The van der Waals surface area contributed by atoms with Crippen molar-refractivity contribution in [3.63, 3.8) is 0 Å². The summed E-state index contributed by atoms with van der Waals surface area (Å²) in [4.78, 5) is 26.9. The lowest BCUT2D eigenvalue weighted by Gasteiger charge is -2.23. The Hall–Kier alpha value is -3.46. The van der Waals surface area contributed by atoms with Crippen LogP contribution in [0.3, 0.4) is 0 Å². The van der Waals surface area contributed by atoms with Gasteiger partial charge in [0.2, 0.25) is 10.9 Å². The highest BCUT2D eigenvalue weighted by atomic mass is 32.1. The monoisotopic (exact) mass is 383 g/mol. The fraction of sp³-hybridized carbons (Fsp3) is 0.111. The van der Waals surface area contributed by atoms with E-state index in [0.717, 1.165) is 11.3 Å². The van der Waals surface area contributed by atoms with E-state index in [-0.39, 0.29) is 16.5 Å². The van der Waals surface area contributed by atoms with Crippen LogP contribution < -0.4 is 9.64 Å². The molecule has 27 heavy (non-hydrogen) atoms. The molecule has 136 valence electrons. The van der Waals surface area contributed by atoms with E-state index in [1.54, 1.807) is 37.4 Å². The van der Waals surface area contributed by atoms with Gasteiger partial charge in [0.1, 0.15) is 11.3 Å². The number of carbonyl (C=O) groups is 2. The van der Waals surface area contributed by atoms with E-state index in [2.05, 4.69) is 10.2 Å². The molecule has 0 saturated heterocycles. The molecular weight excluding hydrogens is 370 g/mol. The van der Waals surface area contributed by atoms with Crippen LogP contribution in [0.1, 0.15) is 22.2 Å². The molecule has 8 nitrogen and oxygen atoms in total. The van der Waals surface area contributed by atoms with Crippen LogP contribution in [-0.4, -0.2) is 34.1 Å². The molecule has 1 unspecified atom stereocenters. The first-order valence-corrected chi connectivity index (χ1v) is 8.74. The van der Waals surface area contributed by atoms with Gasteiger partial charge in [0, 0.05) is 0 Å². The average Bonchev–Trinajstić information content (AvgIpc) is 3.44. The van der Waals surface area contributed by atoms with E-state index in [9.17, 15) is 14.7 Å². The third-order valence-corrected chi connectivity index (χ3v) is 4.87. The third-order valence-electron chi connectivity index (χ3n) is 4.18. The van der Waals surface area contributed by atoms with Crippen molar-refractivity contribution in [2.45, 2.75) is 6.04 Å². The van der Waals surface area contributed by atoms with Gasteiger partial charge in [0.05, 0.1) is 25.0 Å². The number of amides is 1. The highest BCUT2D eigenvalue weighted by Gasteiger charge is 2.46. The number of ether oxygens (including phenoxy) is 1. The molecule has 1 atom stereocenters. The first kappa shape index (κ1) is 17.0. The van der Waals surface area contributed by atoms with Crippen molar-refractivity contribution in [1.82, 2.24) is 10.2 Å². The van der Waals surface area contributed by atoms with Crippen LogP contribution in [0.4, 0.5) is 5.13 Å². The van der Waals surface area contributed by atoms with Crippen molar-refractivity contribution in [3.8, 4) is 5.75 Å². The van der Waals surface area contributed by atoms with Crippen LogP contribution >= 0.6 is 11.3 Å². The molecule has 0 spiro atoms. The van der Waals surface area contributed by atoms with E-state index in [1.165, 1.54) is 22.7 Å². The van der Waals surface area contributed by atoms with E-state index < -0.39 is 23.5 Å². The van der Waals surface area contributed by atoms with Crippen molar-refractivity contribution in [2.24, 2.45) is 0 Å². The van der Waals surface area contributed by atoms with Crippen molar-refractivity contribution < 1.29 is 23.8 Å². The van der Waals surface area contributed by atoms with Gasteiger partial charge in [-0.15, -0.1) is 10.2 Å². The maximum absolute atomic E-state index is 12.9. The van der Waals surface area contributed by atoms with Crippen LogP contribution in [0.2, 0.25) is 0 Å². The first-order valence-electron chi connectivity index (χ1n) is 7.87. The molecule has 1 amide bonds. The Labute approximate surface area is 157 Å². The van der Waals surface area contributed by atoms with Crippen LogP contribution in [0.5, 0.6) is 5.75 Å². The molecule has 0 bridgehead atoms. The molecule has 1 aliphatic heterocycles. The maximum Gasteiger partial charge on any atom is 0.296 e. The van der Waals surface area contributed by atoms with Gasteiger partial charge in [-0.3, -0.25) is 14.5 Å². The molecule has 1 aliphatic rings. The van der Waals surface area contributed by atoms with E-state index in [0.29, 0.717) is 11.3 Å². The van der Waals surface area contributed by atoms with Gasteiger partial charge < -0.3 is 14.3 Å². The van der Waals surface area contributed by atoms with Crippen LogP contribution in [0, 0.1) is 0 Å². The lowest BCUT2D eigenvalue weighted by Crippen LogP contribution is -2.31. The predicted octanol–water partition coefficient (Wildman–Crippen LogP) is 2.92. The summed E-state index contributed by atoms with van der Waals surface area (Å²) in [6, 6.07) is 9.04. The molecular formula is C18H13N3O5S. The Morgan fingerprint density at radius 3 is 2.67 bits per heavy atom. The SMILES string of the molecule is COc1ccc(C2C(C(=O)c3ccco3)=C(O)C(=O)N2c2nncs2)cc1. The predicted molar refractivity (Wildman–Crippen MR) is 95.8 cm³/mol. The summed E-state index contributed by atoms with van der Waals surface area (Å²) in [7, 11) is 1.54. The maximum atomic E-state index is 12.9. The lowest BCUT2D eigenvalue weighted by atomic mass is 9.95. The second kappa shape index (κ2) is 6.69. The molecule has 0 fully saturated rings. The second-order valence-corrected chi connectivity index (χ2v) is 6.45. The van der Waals surface area contributed by atoms with Crippen LogP contribution in [0.25, 0.3) is 0 Å². The number of methoxy groups -OCH3 is 1. The fourth-order valence-corrected chi connectivity index (χ4v) is 3.53. The Balaban J connectivity index is 1.86. The number of hydrogen-bond acceptors (Lipinski definition) is 8. The van der Waals surface area contributed by atoms with Gasteiger partial charge >= 0.3 is 0 Å². The fourth-order valence-electron chi connectivity index (χ4n) is 2.95. The summed E-state index contributed by atoms with van der Waals surface area (Å²) in [6.45, 7) is 0. The van der Waals surface area contributed by atoms with Crippen molar-refractivity contribution in [1.29, 1.82) is 0 Å². The summed E-state index contributed by atoms with van der Waals surface area (Å²) in [5, 5.41) is 18.4. The number of ketones is 1. The molecule has 0 saturated carbocycles. The zero-order valence-corrected chi connectivity index (χ0v) is 14.8. The molecule has 4 rings (SSSR count). The Morgan fingerprint density at radius 2 is 2.07 bits per heavy atom. The molecule has 3 heterocycles. The van der Waals surface area contributed by atoms with Gasteiger partial charge in [-0.1, -0.05) is 23.5 Å².